The zero-order valence-corrected chi connectivity index (χ0v) is 14.1. The summed E-state index contributed by atoms with van der Waals surface area (Å²) in [6.07, 6.45) is 7.16. The molecule has 1 aromatic heterocycles. The molecule has 5 nitrogen and oxygen atoms in total. The van der Waals surface area contributed by atoms with Crippen molar-refractivity contribution < 1.29 is 4.79 Å². The van der Waals surface area contributed by atoms with E-state index in [1.807, 2.05) is 18.4 Å². The van der Waals surface area contributed by atoms with Gasteiger partial charge in [0.05, 0.1) is 5.03 Å². The molecule has 2 atom stereocenters. The van der Waals surface area contributed by atoms with Gasteiger partial charge >= 0.3 is 6.03 Å². The summed E-state index contributed by atoms with van der Waals surface area (Å²) in [7, 11) is 2.18. The molecular weight excluding hydrogens is 296 g/mol. The van der Waals surface area contributed by atoms with Gasteiger partial charge in [-0.1, -0.05) is 0 Å². The van der Waals surface area contributed by atoms with Crippen molar-refractivity contribution in [1.29, 1.82) is 0 Å². The molecule has 0 aromatic carbocycles. The van der Waals surface area contributed by atoms with E-state index in [2.05, 4.69) is 27.1 Å². The molecule has 2 aliphatic heterocycles. The number of nitrogens with one attached hydrogen (secondary N) is 1. The van der Waals surface area contributed by atoms with Crippen molar-refractivity contribution in [2.45, 2.75) is 30.3 Å². The van der Waals surface area contributed by atoms with Gasteiger partial charge in [-0.3, -0.25) is 0 Å². The second-order valence-corrected chi connectivity index (χ2v) is 7.06. The third-order valence-electron chi connectivity index (χ3n) is 4.73. The molecule has 0 spiro atoms. The molecule has 0 saturated carbocycles. The summed E-state index contributed by atoms with van der Waals surface area (Å²) < 4.78 is 0. The fraction of sp³-hybridized carbons (Fsp3) is 0.625. The minimum absolute atomic E-state index is 0.0394. The van der Waals surface area contributed by atoms with Crippen molar-refractivity contribution >= 4 is 23.5 Å². The number of rotatable bonds is 2. The van der Waals surface area contributed by atoms with Gasteiger partial charge in [0.25, 0.3) is 0 Å². The summed E-state index contributed by atoms with van der Waals surface area (Å²) in [5.41, 5.74) is 0.833. The van der Waals surface area contributed by atoms with Crippen LogP contribution in [0.1, 0.15) is 19.3 Å². The standard InChI is InChI=1S/C16H24N4OS/c1-19-9-6-14-12(11-19)4-3-8-20(14)16(21)18-13-5-7-17-15(10-13)22-2/h5,7,10,12,14H,3-4,6,8-9,11H2,1-2H3,(H,17,18,21)/t12-,14-/m1/s1. The van der Waals surface area contributed by atoms with Gasteiger partial charge in [-0.15, -0.1) is 11.8 Å². The number of anilines is 1. The van der Waals surface area contributed by atoms with Gasteiger partial charge in [-0.25, -0.2) is 9.78 Å². The van der Waals surface area contributed by atoms with E-state index in [1.54, 1.807) is 18.0 Å². The monoisotopic (exact) mass is 320 g/mol. The lowest BCUT2D eigenvalue weighted by molar-refractivity contribution is 0.0579. The van der Waals surface area contributed by atoms with E-state index < -0.39 is 0 Å². The van der Waals surface area contributed by atoms with Crippen LogP contribution in [0.25, 0.3) is 0 Å². The van der Waals surface area contributed by atoms with Crippen molar-refractivity contribution in [2.24, 2.45) is 5.92 Å². The number of pyridine rings is 1. The molecule has 22 heavy (non-hydrogen) atoms. The fourth-order valence-corrected chi connectivity index (χ4v) is 4.04. The zero-order chi connectivity index (χ0) is 15.5. The lowest BCUT2D eigenvalue weighted by Gasteiger charge is -2.46. The lowest BCUT2D eigenvalue weighted by Crippen LogP contribution is -2.56. The summed E-state index contributed by atoms with van der Waals surface area (Å²) >= 11 is 1.58. The molecule has 1 aromatic rings. The molecular formula is C16H24N4OS. The summed E-state index contributed by atoms with van der Waals surface area (Å²) in [5.74, 6) is 0.623. The molecule has 2 amide bonds. The maximum absolute atomic E-state index is 12.7. The summed E-state index contributed by atoms with van der Waals surface area (Å²) in [5, 5.41) is 3.98. The fourth-order valence-electron chi connectivity index (χ4n) is 3.63. The predicted octanol–water partition coefficient (Wildman–Crippen LogP) is 2.75. The summed E-state index contributed by atoms with van der Waals surface area (Å²) in [4.78, 5) is 21.4. The average Bonchev–Trinajstić information content (AvgIpc) is 2.54. The molecule has 2 saturated heterocycles. The minimum Gasteiger partial charge on any atom is -0.321 e. The van der Waals surface area contributed by atoms with Crippen LogP contribution in [0.5, 0.6) is 0 Å². The van der Waals surface area contributed by atoms with E-state index in [0.29, 0.717) is 12.0 Å². The Hall–Kier alpha value is -1.27. The Morgan fingerprint density at radius 3 is 3.09 bits per heavy atom. The van der Waals surface area contributed by atoms with Crippen LogP contribution in [0, 0.1) is 5.92 Å². The van der Waals surface area contributed by atoms with Crippen molar-refractivity contribution in [3.05, 3.63) is 18.3 Å². The first-order valence-corrected chi connectivity index (χ1v) is 9.16. The van der Waals surface area contributed by atoms with Gasteiger partial charge in [0.2, 0.25) is 0 Å². The first kappa shape index (κ1) is 15.6. The Bertz CT molecular complexity index is 539. The highest BCUT2D eigenvalue weighted by Gasteiger charge is 2.37. The highest BCUT2D eigenvalue weighted by Crippen LogP contribution is 2.30. The molecule has 3 heterocycles. The third-order valence-corrected chi connectivity index (χ3v) is 5.37. The SMILES string of the molecule is CSc1cc(NC(=O)N2CCC[C@@H]3CN(C)CC[C@H]32)ccn1. The number of amides is 2. The Labute approximate surface area is 136 Å². The molecule has 3 rings (SSSR count). The van der Waals surface area contributed by atoms with Gasteiger partial charge in [0, 0.05) is 31.0 Å². The Morgan fingerprint density at radius 2 is 2.27 bits per heavy atom. The van der Waals surface area contributed by atoms with Gasteiger partial charge in [0.15, 0.2) is 0 Å². The van der Waals surface area contributed by atoms with Crippen LogP contribution in [-0.4, -0.2) is 59.8 Å². The Kier molecular flexibility index (Phi) is 4.88. The van der Waals surface area contributed by atoms with Crippen molar-refractivity contribution in [2.75, 3.05) is 38.3 Å². The van der Waals surface area contributed by atoms with Crippen LogP contribution in [0.2, 0.25) is 0 Å². The maximum atomic E-state index is 12.7. The summed E-state index contributed by atoms with van der Waals surface area (Å²) in [6.45, 7) is 3.06. The minimum atomic E-state index is 0.0394. The third kappa shape index (κ3) is 3.38. The number of nitrogens with zero attached hydrogens (tertiary/aromatic N) is 3. The quantitative estimate of drug-likeness (QED) is 0.851. The van der Waals surface area contributed by atoms with Gasteiger partial charge < -0.3 is 15.1 Å². The number of carbonyl (C=O) groups excluding carboxylic acids is 1. The number of carbonyl (C=O) groups is 1. The van der Waals surface area contributed by atoms with E-state index in [4.69, 9.17) is 0 Å². The van der Waals surface area contributed by atoms with Gasteiger partial charge in [0.1, 0.15) is 0 Å². The smallest absolute Gasteiger partial charge is 0.321 e. The molecule has 0 radical (unpaired) electrons. The Morgan fingerprint density at radius 1 is 1.41 bits per heavy atom. The number of likely N-dealkylation sites (tertiary alicyclic amines) is 2. The number of thioether (sulfide) groups is 1. The maximum Gasteiger partial charge on any atom is 0.322 e. The predicted molar refractivity (Wildman–Crippen MR) is 90.4 cm³/mol. The van der Waals surface area contributed by atoms with Crippen molar-refractivity contribution in [1.82, 2.24) is 14.8 Å². The van der Waals surface area contributed by atoms with E-state index in [1.165, 1.54) is 6.42 Å². The molecule has 2 fully saturated rings. The average molecular weight is 320 g/mol. The molecule has 1 N–H and O–H groups in total. The highest BCUT2D eigenvalue weighted by atomic mass is 32.2. The number of piperidine rings is 2. The first-order chi connectivity index (χ1) is 10.7. The van der Waals surface area contributed by atoms with Crippen LogP contribution >= 0.6 is 11.8 Å². The summed E-state index contributed by atoms with van der Waals surface area (Å²) in [6, 6.07) is 4.22. The lowest BCUT2D eigenvalue weighted by atomic mass is 9.84. The van der Waals surface area contributed by atoms with Crippen LogP contribution in [0.4, 0.5) is 10.5 Å². The Balaban J connectivity index is 1.68. The molecule has 120 valence electrons. The molecule has 0 aliphatic carbocycles. The molecule has 0 unspecified atom stereocenters. The van der Waals surface area contributed by atoms with E-state index in [9.17, 15) is 4.79 Å². The zero-order valence-electron chi connectivity index (χ0n) is 13.3. The number of urea groups is 1. The second-order valence-electron chi connectivity index (χ2n) is 6.23. The van der Waals surface area contributed by atoms with Crippen LogP contribution < -0.4 is 5.32 Å². The van der Waals surface area contributed by atoms with Gasteiger partial charge in [-0.2, -0.15) is 0 Å². The largest absolute Gasteiger partial charge is 0.322 e. The number of hydrogen-bond donors (Lipinski definition) is 1. The van der Waals surface area contributed by atoms with Crippen LogP contribution in [0.15, 0.2) is 23.4 Å². The molecule has 0 bridgehead atoms. The topological polar surface area (TPSA) is 48.5 Å². The van der Waals surface area contributed by atoms with Gasteiger partial charge in [-0.05, 0) is 57.2 Å². The number of hydrogen-bond acceptors (Lipinski definition) is 4. The van der Waals surface area contributed by atoms with Crippen molar-refractivity contribution in [3.63, 3.8) is 0 Å². The van der Waals surface area contributed by atoms with Crippen LogP contribution in [0.3, 0.4) is 0 Å². The number of aromatic nitrogens is 1. The number of fused-ring (bicyclic) bond motifs is 1. The van der Waals surface area contributed by atoms with Crippen molar-refractivity contribution in [3.8, 4) is 0 Å². The molecule has 2 aliphatic rings. The van der Waals surface area contributed by atoms with E-state index in [0.717, 1.165) is 43.2 Å². The second kappa shape index (κ2) is 6.87. The van der Waals surface area contributed by atoms with E-state index >= 15 is 0 Å². The highest BCUT2D eigenvalue weighted by molar-refractivity contribution is 7.98. The first-order valence-electron chi connectivity index (χ1n) is 7.93. The molecule has 6 heteroatoms. The van der Waals surface area contributed by atoms with Crippen LogP contribution in [-0.2, 0) is 0 Å². The normalized spacial score (nSPS) is 25.6. The van der Waals surface area contributed by atoms with E-state index in [-0.39, 0.29) is 6.03 Å².